The van der Waals surface area contributed by atoms with E-state index in [0.29, 0.717) is 0 Å². The van der Waals surface area contributed by atoms with Gasteiger partial charge in [0.25, 0.3) is 0 Å². The molecular weight excluding hydrogens is 207 g/mol. The van der Waals surface area contributed by atoms with Crippen LogP contribution in [0, 0.1) is 0 Å². The second-order valence-electron chi connectivity index (χ2n) is 3.30. The predicted octanol–water partition coefficient (Wildman–Crippen LogP) is 3.37. The van der Waals surface area contributed by atoms with Gasteiger partial charge in [0.2, 0.25) is 5.67 Å². The number of alkyl halides is 5. The standard InChI is InChI=1S/C7H12F5Si/c1-13(2)4-3-6(9,5-8)7(10,11)12/h3-5H2,1-2H3. The summed E-state index contributed by atoms with van der Waals surface area (Å²) in [5.74, 6) is 0. The lowest BCUT2D eigenvalue weighted by atomic mass is 10.0. The van der Waals surface area contributed by atoms with Gasteiger partial charge in [-0.3, -0.25) is 0 Å². The zero-order chi connectivity index (χ0) is 10.7. The van der Waals surface area contributed by atoms with Crippen LogP contribution in [0.5, 0.6) is 0 Å². The number of hydrogen-bond donors (Lipinski definition) is 0. The minimum absolute atomic E-state index is 0.130. The Labute approximate surface area is 75.7 Å². The summed E-state index contributed by atoms with van der Waals surface area (Å²) in [5.41, 5.74) is -3.63. The lowest BCUT2D eigenvalue weighted by molar-refractivity contribution is -0.235. The van der Waals surface area contributed by atoms with Gasteiger partial charge in [0.1, 0.15) is 6.67 Å². The summed E-state index contributed by atoms with van der Waals surface area (Å²) >= 11 is 0. The summed E-state index contributed by atoms with van der Waals surface area (Å²) in [6, 6.07) is 0.130. The maximum atomic E-state index is 12.9. The highest BCUT2D eigenvalue weighted by Crippen LogP contribution is 2.38. The second-order valence-corrected chi connectivity index (χ2v) is 6.22. The Morgan fingerprint density at radius 2 is 1.54 bits per heavy atom. The topological polar surface area (TPSA) is 0 Å². The molecule has 6 heteroatoms. The maximum absolute atomic E-state index is 12.9. The fourth-order valence-electron chi connectivity index (χ4n) is 0.732. The van der Waals surface area contributed by atoms with Gasteiger partial charge in [-0.1, -0.05) is 19.1 Å². The van der Waals surface area contributed by atoms with Crippen LogP contribution in [0.2, 0.25) is 19.1 Å². The molecule has 13 heavy (non-hydrogen) atoms. The molecule has 0 aromatic heterocycles. The van der Waals surface area contributed by atoms with Crippen molar-refractivity contribution >= 4 is 8.80 Å². The molecule has 0 heterocycles. The minimum Gasteiger partial charge on any atom is -0.247 e. The third-order valence-corrected chi connectivity index (χ3v) is 2.99. The van der Waals surface area contributed by atoms with Gasteiger partial charge >= 0.3 is 6.18 Å². The molecule has 0 aromatic carbocycles. The van der Waals surface area contributed by atoms with E-state index in [1.165, 1.54) is 0 Å². The van der Waals surface area contributed by atoms with Gasteiger partial charge in [-0.25, -0.2) is 8.78 Å². The van der Waals surface area contributed by atoms with Crippen LogP contribution in [0.15, 0.2) is 0 Å². The van der Waals surface area contributed by atoms with Gasteiger partial charge < -0.3 is 0 Å². The molecule has 0 amide bonds. The van der Waals surface area contributed by atoms with Crippen LogP contribution < -0.4 is 0 Å². The predicted molar refractivity (Wildman–Crippen MR) is 42.8 cm³/mol. The average Bonchev–Trinajstić information content (AvgIpc) is 1.98. The Balaban J connectivity index is 4.29. The molecule has 0 N–H and O–H groups in total. The van der Waals surface area contributed by atoms with Crippen molar-refractivity contribution in [3.63, 3.8) is 0 Å². The smallest absolute Gasteiger partial charge is 0.247 e. The Kier molecular flexibility index (Phi) is 4.34. The molecule has 0 saturated carbocycles. The Hall–Kier alpha value is -0.133. The van der Waals surface area contributed by atoms with Crippen molar-refractivity contribution in [2.45, 2.75) is 37.4 Å². The van der Waals surface area contributed by atoms with Gasteiger partial charge in [0.15, 0.2) is 0 Å². The first-order chi connectivity index (χ1) is 5.73. The van der Waals surface area contributed by atoms with Gasteiger partial charge in [0.05, 0.1) is 0 Å². The fraction of sp³-hybridized carbons (Fsp3) is 1.00. The van der Waals surface area contributed by atoms with Gasteiger partial charge in [0, 0.05) is 8.80 Å². The lowest BCUT2D eigenvalue weighted by Gasteiger charge is -2.25. The van der Waals surface area contributed by atoms with Crippen molar-refractivity contribution in [3.05, 3.63) is 0 Å². The van der Waals surface area contributed by atoms with Crippen molar-refractivity contribution in [1.82, 2.24) is 0 Å². The highest BCUT2D eigenvalue weighted by molar-refractivity contribution is 6.55. The summed E-state index contributed by atoms with van der Waals surface area (Å²) in [5, 5.41) is 0. The normalized spacial score (nSPS) is 17.5. The molecule has 0 aromatic rings. The van der Waals surface area contributed by atoms with E-state index in [-0.39, 0.29) is 6.04 Å². The van der Waals surface area contributed by atoms with E-state index < -0.39 is 33.7 Å². The van der Waals surface area contributed by atoms with E-state index in [4.69, 9.17) is 0 Å². The number of hydrogen-bond acceptors (Lipinski definition) is 0. The van der Waals surface area contributed by atoms with Crippen molar-refractivity contribution < 1.29 is 22.0 Å². The van der Waals surface area contributed by atoms with Gasteiger partial charge in [-0.2, -0.15) is 13.2 Å². The van der Waals surface area contributed by atoms with Crippen molar-refractivity contribution in [2.75, 3.05) is 6.67 Å². The summed E-state index contributed by atoms with van der Waals surface area (Å²) in [6.45, 7) is 1.55. The molecule has 0 bridgehead atoms. The summed E-state index contributed by atoms with van der Waals surface area (Å²) in [7, 11) is -0.944. The minimum atomic E-state index is -5.08. The van der Waals surface area contributed by atoms with E-state index in [9.17, 15) is 22.0 Å². The molecule has 0 rings (SSSR count). The van der Waals surface area contributed by atoms with Crippen LogP contribution in [-0.2, 0) is 0 Å². The van der Waals surface area contributed by atoms with Crippen LogP contribution >= 0.6 is 0 Å². The molecule has 1 unspecified atom stereocenters. The monoisotopic (exact) mass is 219 g/mol. The number of rotatable bonds is 4. The Bertz CT molecular complexity index is 155. The van der Waals surface area contributed by atoms with Crippen LogP contribution in [0.1, 0.15) is 6.42 Å². The van der Waals surface area contributed by atoms with Crippen molar-refractivity contribution in [1.29, 1.82) is 0 Å². The van der Waals surface area contributed by atoms with Crippen LogP contribution in [0.3, 0.4) is 0 Å². The van der Waals surface area contributed by atoms with Gasteiger partial charge in [-0.05, 0) is 6.42 Å². The first-order valence-electron chi connectivity index (χ1n) is 3.83. The van der Waals surface area contributed by atoms with E-state index >= 15 is 0 Å². The Morgan fingerprint density at radius 3 is 1.77 bits per heavy atom. The summed E-state index contributed by atoms with van der Waals surface area (Å²) < 4.78 is 60.7. The van der Waals surface area contributed by atoms with Crippen LogP contribution in [0.4, 0.5) is 22.0 Å². The third kappa shape index (κ3) is 3.62. The first-order valence-corrected chi connectivity index (χ1v) is 6.54. The summed E-state index contributed by atoms with van der Waals surface area (Å²) in [6.07, 6.45) is -5.84. The van der Waals surface area contributed by atoms with Gasteiger partial charge in [-0.15, -0.1) is 0 Å². The second kappa shape index (κ2) is 4.39. The van der Waals surface area contributed by atoms with E-state index in [0.717, 1.165) is 0 Å². The maximum Gasteiger partial charge on any atom is 0.425 e. The molecule has 0 spiro atoms. The highest BCUT2D eigenvalue weighted by atomic mass is 28.3. The molecule has 79 valence electrons. The molecule has 1 atom stereocenters. The van der Waals surface area contributed by atoms with E-state index in [2.05, 4.69) is 0 Å². The van der Waals surface area contributed by atoms with Crippen molar-refractivity contribution in [2.24, 2.45) is 0 Å². The molecule has 1 radical (unpaired) electrons. The Morgan fingerprint density at radius 1 is 1.08 bits per heavy atom. The van der Waals surface area contributed by atoms with E-state index in [1.807, 2.05) is 0 Å². The number of halogens is 5. The van der Waals surface area contributed by atoms with Crippen molar-refractivity contribution in [3.8, 4) is 0 Å². The quantitative estimate of drug-likeness (QED) is 0.502. The molecule has 0 aliphatic carbocycles. The molecule has 0 aliphatic rings. The molecule has 0 aliphatic heterocycles. The summed E-state index contributed by atoms with van der Waals surface area (Å²) in [4.78, 5) is 0. The highest BCUT2D eigenvalue weighted by Gasteiger charge is 2.55. The largest absolute Gasteiger partial charge is 0.425 e. The zero-order valence-corrected chi connectivity index (χ0v) is 8.51. The van der Waals surface area contributed by atoms with Crippen LogP contribution in [-0.4, -0.2) is 27.3 Å². The first kappa shape index (κ1) is 12.9. The average molecular weight is 219 g/mol. The molecule has 0 saturated heterocycles. The fourth-order valence-corrected chi connectivity index (χ4v) is 1.63. The van der Waals surface area contributed by atoms with E-state index in [1.54, 1.807) is 13.1 Å². The molecule has 0 fully saturated rings. The third-order valence-electron chi connectivity index (χ3n) is 1.74. The SMILES string of the molecule is C[Si](C)CCC(F)(CF)C(F)(F)F. The van der Waals surface area contributed by atoms with Crippen LogP contribution in [0.25, 0.3) is 0 Å². The molecule has 0 nitrogen and oxygen atoms in total. The zero-order valence-electron chi connectivity index (χ0n) is 7.51. The lowest BCUT2D eigenvalue weighted by Crippen LogP contribution is -2.43. The molecular formula is C7H12F5Si.